The molecule has 1 aromatic rings. The number of benzene rings is 1. The van der Waals surface area contributed by atoms with E-state index in [0.717, 1.165) is 24.9 Å². The monoisotopic (exact) mass is 444 g/mol. The summed E-state index contributed by atoms with van der Waals surface area (Å²) in [5.41, 5.74) is 0.881. The van der Waals surface area contributed by atoms with Gasteiger partial charge in [-0.2, -0.15) is 0 Å². The third-order valence-corrected chi connectivity index (χ3v) is 6.43. The smallest absolute Gasteiger partial charge is 0.243 e. The second kappa shape index (κ2) is 11.3. The van der Waals surface area contributed by atoms with E-state index in [-0.39, 0.29) is 35.6 Å². The molecule has 0 unspecified atom stereocenters. The second-order valence-corrected chi connectivity index (χ2v) is 9.01. The lowest BCUT2D eigenvalue weighted by atomic mass is 9.94. The van der Waals surface area contributed by atoms with Crippen molar-refractivity contribution in [1.29, 1.82) is 0 Å². The van der Waals surface area contributed by atoms with E-state index in [9.17, 15) is 14.4 Å². The zero-order chi connectivity index (χ0) is 23.1. The Kier molecular flexibility index (Phi) is 8.50. The highest BCUT2D eigenvalue weighted by molar-refractivity contribution is 5.89. The van der Waals surface area contributed by atoms with Gasteiger partial charge in [0.2, 0.25) is 17.7 Å². The molecule has 8 heteroatoms. The molecule has 0 radical (unpaired) electrons. The predicted molar refractivity (Wildman–Crippen MR) is 122 cm³/mol. The Labute approximate surface area is 190 Å². The molecule has 3 amide bonds. The van der Waals surface area contributed by atoms with Crippen LogP contribution in [-0.2, 0) is 20.9 Å². The van der Waals surface area contributed by atoms with Crippen molar-refractivity contribution < 1.29 is 19.1 Å². The maximum atomic E-state index is 12.9. The first-order valence-corrected chi connectivity index (χ1v) is 11.6. The lowest BCUT2D eigenvalue weighted by Gasteiger charge is -2.34. The predicted octanol–water partition coefficient (Wildman–Crippen LogP) is 1.44. The number of likely N-dealkylation sites (tertiary alicyclic amines) is 1. The number of nitrogens with one attached hydrogen (secondary N) is 3. The Balaban J connectivity index is 1.50. The highest BCUT2D eigenvalue weighted by Gasteiger charge is 2.33. The van der Waals surface area contributed by atoms with Crippen molar-refractivity contribution in [3.8, 4) is 5.75 Å². The van der Waals surface area contributed by atoms with Gasteiger partial charge in [-0.3, -0.25) is 14.4 Å². The first-order valence-electron chi connectivity index (χ1n) is 11.6. The molecule has 176 valence electrons. The van der Waals surface area contributed by atoms with E-state index in [1.807, 2.05) is 43.0 Å². The number of para-hydroxylation sites is 1. The average Bonchev–Trinajstić information content (AvgIpc) is 3.35. The molecule has 2 atom stereocenters. The van der Waals surface area contributed by atoms with Crippen LogP contribution in [0.5, 0.6) is 5.75 Å². The number of piperidine rings is 1. The summed E-state index contributed by atoms with van der Waals surface area (Å²) < 4.78 is 5.33. The molecule has 1 aromatic carbocycles. The fourth-order valence-electron chi connectivity index (χ4n) is 4.43. The molecule has 2 aliphatic rings. The van der Waals surface area contributed by atoms with Gasteiger partial charge in [0.25, 0.3) is 0 Å². The van der Waals surface area contributed by atoms with E-state index in [4.69, 9.17) is 4.74 Å². The number of carbonyl (C=O) groups is 3. The molecule has 8 nitrogen and oxygen atoms in total. The van der Waals surface area contributed by atoms with Crippen LogP contribution in [0.3, 0.4) is 0 Å². The topological polar surface area (TPSA) is 99.8 Å². The van der Waals surface area contributed by atoms with E-state index >= 15 is 0 Å². The molecule has 0 saturated carbocycles. The second-order valence-electron chi connectivity index (χ2n) is 9.01. The lowest BCUT2D eigenvalue weighted by molar-refractivity contribution is -0.138. The molecular weight excluding hydrogens is 408 g/mol. The average molecular weight is 445 g/mol. The van der Waals surface area contributed by atoms with Crippen molar-refractivity contribution in [3.63, 3.8) is 0 Å². The van der Waals surface area contributed by atoms with E-state index < -0.39 is 6.04 Å². The van der Waals surface area contributed by atoms with Gasteiger partial charge in [0.05, 0.1) is 13.2 Å². The number of ether oxygens (including phenoxy) is 1. The lowest BCUT2D eigenvalue weighted by Crippen LogP contribution is -2.53. The minimum Gasteiger partial charge on any atom is -0.496 e. The highest BCUT2D eigenvalue weighted by Crippen LogP contribution is 2.21. The number of nitrogens with zero attached hydrogens (tertiary/aromatic N) is 1. The van der Waals surface area contributed by atoms with E-state index in [1.54, 1.807) is 7.11 Å². The van der Waals surface area contributed by atoms with Crippen molar-refractivity contribution in [3.05, 3.63) is 29.8 Å². The van der Waals surface area contributed by atoms with Gasteiger partial charge >= 0.3 is 0 Å². The number of hydrogen-bond acceptors (Lipinski definition) is 5. The van der Waals surface area contributed by atoms with Gasteiger partial charge in [-0.15, -0.1) is 0 Å². The van der Waals surface area contributed by atoms with Crippen molar-refractivity contribution in [2.24, 2.45) is 11.8 Å². The third kappa shape index (κ3) is 6.00. The normalized spacial score (nSPS) is 20.1. The fraction of sp³-hybridized carbons (Fsp3) is 0.625. The molecule has 0 bridgehead atoms. The summed E-state index contributed by atoms with van der Waals surface area (Å²) in [6.07, 6.45) is 3.17. The van der Waals surface area contributed by atoms with Crippen LogP contribution >= 0.6 is 0 Å². The third-order valence-electron chi connectivity index (χ3n) is 6.43. The minimum atomic E-state index is -0.612. The summed E-state index contributed by atoms with van der Waals surface area (Å²) in [5.74, 6) is 0.316. The van der Waals surface area contributed by atoms with Crippen LogP contribution in [0.4, 0.5) is 0 Å². The number of rotatable bonds is 8. The van der Waals surface area contributed by atoms with E-state index in [1.165, 1.54) is 0 Å². The summed E-state index contributed by atoms with van der Waals surface area (Å²) in [6.45, 7) is 6.23. The summed E-state index contributed by atoms with van der Waals surface area (Å²) >= 11 is 0. The zero-order valence-corrected chi connectivity index (χ0v) is 19.4. The Morgan fingerprint density at radius 2 is 1.88 bits per heavy atom. The van der Waals surface area contributed by atoms with Crippen LogP contribution in [-0.4, -0.2) is 61.4 Å². The Bertz CT molecular complexity index is 799. The van der Waals surface area contributed by atoms with Gasteiger partial charge in [-0.25, -0.2) is 0 Å². The Hall–Kier alpha value is -2.61. The van der Waals surface area contributed by atoms with Crippen LogP contribution in [0.15, 0.2) is 24.3 Å². The number of carbonyl (C=O) groups excluding carboxylic acids is 3. The molecule has 2 aliphatic heterocycles. The fourth-order valence-corrected chi connectivity index (χ4v) is 4.43. The van der Waals surface area contributed by atoms with Crippen molar-refractivity contribution in [1.82, 2.24) is 20.9 Å². The molecule has 3 N–H and O–H groups in total. The summed E-state index contributed by atoms with van der Waals surface area (Å²) in [5, 5.41) is 9.12. The van der Waals surface area contributed by atoms with Gasteiger partial charge in [0, 0.05) is 31.1 Å². The number of amides is 3. The minimum absolute atomic E-state index is 0.0493. The molecule has 0 spiro atoms. The molecule has 3 rings (SSSR count). The van der Waals surface area contributed by atoms with Crippen LogP contribution < -0.4 is 20.7 Å². The Morgan fingerprint density at radius 3 is 2.50 bits per heavy atom. The standard InChI is InChI=1S/C24H36N4O4/c1-16(2)21(23(30)26-15-18-7-4-5-9-20(18)32-3)27-22(29)17-10-13-28(14-11-17)24(31)19-8-6-12-25-19/h4-5,7,9,16-17,19,21,25H,6,8,10-15H2,1-3H3,(H,26,30)(H,27,29)/t19-,21-/m0/s1. The summed E-state index contributed by atoms with van der Waals surface area (Å²) in [6, 6.07) is 6.84. The van der Waals surface area contributed by atoms with Gasteiger partial charge in [-0.1, -0.05) is 32.0 Å². The molecule has 2 saturated heterocycles. The van der Waals surface area contributed by atoms with Crippen LogP contribution in [0.1, 0.15) is 45.1 Å². The van der Waals surface area contributed by atoms with Crippen molar-refractivity contribution in [2.75, 3.05) is 26.7 Å². The van der Waals surface area contributed by atoms with E-state index in [2.05, 4.69) is 16.0 Å². The maximum Gasteiger partial charge on any atom is 0.243 e. The molecule has 2 heterocycles. The van der Waals surface area contributed by atoms with Crippen molar-refractivity contribution >= 4 is 17.7 Å². The highest BCUT2D eigenvalue weighted by atomic mass is 16.5. The zero-order valence-electron chi connectivity index (χ0n) is 19.4. The molecular formula is C24H36N4O4. The van der Waals surface area contributed by atoms with Crippen molar-refractivity contribution in [2.45, 2.75) is 58.2 Å². The van der Waals surface area contributed by atoms with Crippen LogP contribution in [0.2, 0.25) is 0 Å². The molecule has 0 aliphatic carbocycles. The van der Waals surface area contributed by atoms with Gasteiger partial charge in [0.1, 0.15) is 11.8 Å². The molecule has 32 heavy (non-hydrogen) atoms. The van der Waals surface area contributed by atoms with Gasteiger partial charge in [0.15, 0.2) is 0 Å². The maximum absolute atomic E-state index is 12.9. The van der Waals surface area contributed by atoms with Crippen LogP contribution in [0, 0.1) is 11.8 Å². The molecule has 2 fully saturated rings. The van der Waals surface area contributed by atoms with Gasteiger partial charge in [-0.05, 0) is 44.2 Å². The van der Waals surface area contributed by atoms with Crippen LogP contribution in [0.25, 0.3) is 0 Å². The number of hydrogen-bond donors (Lipinski definition) is 3. The first-order chi connectivity index (χ1) is 15.4. The largest absolute Gasteiger partial charge is 0.496 e. The first kappa shape index (κ1) is 24.0. The van der Waals surface area contributed by atoms with Gasteiger partial charge < -0.3 is 25.6 Å². The van der Waals surface area contributed by atoms with E-state index in [0.29, 0.717) is 38.2 Å². The summed E-state index contributed by atoms with van der Waals surface area (Å²) in [4.78, 5) is 40.2. The Morgan fingerprint density at radius 1 is 1.16 bits per heavy atom. The quantitative estimate of drug-likeness (QED) is 0.564. The molecule has 0 aromatic heterocycles. The summed E-state index contributed by atoms with van der Waals surface area (Å²) in [7, 11) is 1.60. The number of methoxy groups -OCH3 is 1. The SMILES string of the molecule is COc1ccccc1CNC(=O)[C@@H](NC(=O)C1CCN(C(=O)[C@@H]2CCCN2)CC1)C(C)C.